The van der Waals surface area contributed by atoms with Gasteiger partial charge in [0.25, 0.3) is 0 Å². The predicted octanol–water partition coefficient (Wildman–Crippen LogP) is 1.53. The fraction of sp³-hybridized carbons (Fsp3) is 0.333. The Balaban J connectivity index is 2.09. The summed E-state index contributed by atoms with van der Waals surface area (Å²) in [6.45, 7) is 0. The smallest absolute Gasteiger partial charge is 0.383 e. The van der Waals surface area contributed by atoms with Gasteiger partial charge >= 0.3 is 6.18 Å². The van der Waals surface area contributed by atoms with E-state index >= 15 is 0 Å². The maximum absolute atomic E-state index is 12.1. The van der Waals surface area contributed by atoms with Crippen molar-refractivity contribution in [1.82, 2.24) is 15.1 Å². The molecule has 0 bridgehead atoms. The van der Waals surface area contributed by atoms with Crippen molar-refractivity contribution < 1.29 is 22.8 Å². The van der Waals surface area contributed by atoms with E-state index < -0.39 is 18.7 Å². The molecule has 0 saturated carbocycles. The Kier molecular flexibility index (Phi) is 2.88. The summed E-state index contributed by atoms with van der Waals surface area (Å²) in [6, 6.07) is 3.34. The Labute approximate surface area is 93.3 Å². The van der Waals surface area contributed by atoms with Crippen LogP contribution in [0.5, 0.6) is 0 Å². The lowest BCUT2D eigenvalue weighted by Gasteiger charge is -2.11. The standard InChI is InChI=1S/C9H8F3N3O2/c10-9(11,12)6(16)4-7-14-8(15-17-7)5-2-1-3-13-5/h1-3,6,13,16H,4H2. The summed E-state index contributed by atoms with van der Waals surface area (Å²) in [6.07, 6.45) is -6.33. The fourth-order valence-electron chi connectivity index (χ4n) is 1.20. The molecular formula is C9H8F3N3O2. The Morgan fingerprint density at radius 2 is 2.24 bits per heavy atom. The van der Waals surface area contributed by atoms with Crippen LogP contribution in [0.4, 0.5) is 13.2 Å². The van der Waals surface area contributed by atoms with Crippen LogP contribution in [0.1, 0.15) is 5.89 Å². The third kappa shape index (κ3) is 2.64. The summed E-state index contributed by atoms with van der Waals surface area (Å²) >= 11 is 0. The second-order valence-electron chi connectivity index (χ2n) is 3.36. The van der Waals surface area contributed by atoms with E-state index in [2.05, 4.69) is 19.6 Å². The first kappa shape index (κ1) is 11.6. The zero-order valence-electron chi connectivity index (χ0n) is 8.40. The van der Waals surface area contributed by atoms with Crippen molar-refractivity contribution in [3.8, 4) is 11.5 Å². The lowest BCUT2D eigenvalue weighted by atomic mass is 10.2. The van der Waals surface area contributed by atoms with Gasteiger partial charge in [-0.3, -0.25) is 0 Å². The Hall–Kier alpha value is -1.83. The SMILES string of the molecule is OC(Cc1nc(-c2ccc[nH]2)no1)C(F)(F)F. The number of H-pyrrole nitrogens is 1. The molecule has 2 heterocycles. The number of halogens is 3. The number of hydrogen-bond acceptors (Lipinski definition) is 4. The van der Waals surface area contributed by atoms with Gasteiger partial charge in [0.15, 0.2) is 6.10 Å². The number of aliphatic hydroxyl groups is 1. The first-order chi connectivity index (χ1) is 7.97. The molecule has 0 radical (unpaired) electrons. The topological polar surface area (TPSA) is 74.9 Å². The normalized spacial score (nSPS) is 13.9. The zero-order chi connectivity index (χ0) is 12.5. The molecule has 0 aliphatic heterocycles. The number of rotatable bonds is 3. The van der Waals surface area contributed by atoms with E-state index in [9.17, 15) is 13.2 Å². The average molecular weight is 247 g/mol. The van der Waals surface area contributed by atoms with Crippen LogP contribution in [-0.2, 0) is 6.42 Å². The molecule has 92 valence electrons. The van der Waals surface area contributed by atoms with E-state index in [1.54, 1.807) is 18.3 Å². The summed E-state index contributed by atoms with van der Waals surface area (Å²) in [7, 11) is 0. The molecule has 2 aromatic heterocycles. The lowest BCUT2D eigenvalue weighted by molar-refractivity contribution is -0.204. The van der Waals surface area contributed by atoms with Crippen molar-refractivity contribution in [1.29, 1.82) is 0 Å². The predicted molar refractivity (Wildman–Crippen MR) is 49.9 cm³/mol. The van der Waals surface area contributed by atoms with E-state index in [0.717, 1.165) is 0 Å². The molecule has 1 unspecified atom stereocenters. The monoisotopic (exact) mass is 247 g/mol. The highest BCUT2D eigenvalue weighted by atomic mass is 19.4. The van der Waals surface area contributed by atoms with Crippen molar-refractivity contribution in [2.45, 2.75) is 18.7 Å². The largest absolute Gasteiger partial charge is 0.414 e. The van der Waals surface area contributed by atoms with Crippen molar-refractivity contribution >= 4 is 0 Å². The van der Waals surface area contributed by atoms with Gasteiger partial charge in [-0.15, -0.1) is 0 Å². The van der Waals surface area contributed by atoms with Crippen molar-refractivity contribution in [3.63, 3.8) is 0 Å². The molecule has 8 heteroatoms. The number of nitrogens with one attached hydrogen (secondary N) is 1. The minimum atomic E-state index is -4.69. The Morgan fingerprint density at radius 1 is 1.47 bits per heavy atom. The maximum Gasteiger partial charge on any atom is 0.414 e. The molecule has 2 aromatic rings. The highest BCUT2D eigenvalue weighted by Crippen LogP contribution is 2.23. The van der Waals surface area contributed by atoms with Crippen LogP contribution in [0, 0.1) is 0 Å². The van der Waals surface area contributed by atoms with Crippen LogP contribution >= 0.6 is 0 Å². The van der Waals surface area contributed by atoms with Gasteiger partial charge in [-0.05, 0) is 12.1 Å². The van der Waals surface area contributed by atoms with E-state index in [1.165, 1.54) is 0 Å². The second-order valence-corrected chi connectivity index (χ2v) is 3.36. The first-order valence-corrected chi connectivity index (χ1v) is 4.68. The van der Waals surface area contributed by atoms with Gasteiger partial charge in [-0.25, -0.2) is 0 Å². The van der Waals surface area contributed by atoms with Crippen LogP contribution in [0.25, 0.3) is 11.5 Å². The third-order valence-electron chi connectivity index (χ3n) is 2.05. The van der Waals surface area contributed by atoms with Crippen LogP contribution in [0.3, 0.4) is 0 Å². The van der Waals surface area contributed by atoms with Crippen LogP contribution in [0.15, 0.2) is 22.9 Å². The van der Waals surface area contributed by atoms with E-state index in [0.29, 0.717) is 5.69 Å². The lowest BCUT2D eigenvalue weighted by Crippen LogP contribution is -2.30. The number of aliphatic hydroxyl groups excluding tert-OH is 1. The van der Waals surface area contributed by atoms with Gasteiger partial charge < -0.3 is 14.6 Å². The molecule has 0 aromatic carbocycles. The summed E-state index contributed by atoms with van der Waals surface area (Å²) in [5, 5.41) is 12.3. The highest BCUT2D eigenvalue weighted by Gasteiger charge is 2.39. The van der Waals surface area contributed by atoms with Gasteiger partial charge in [0.2, 0.25) is 11.7 Å². The van der Waals surface area contributed by atoms with Gasteiger partial charge in [0.05, 0.1) is 12.1 Å². The van der Waals surface area contributed by atoms with E-state index in [-0.39, 0.29) is 11.7 Å². The molecule has 2 rings (SSSR count). The molecular weight excluding hydrogens is 239 g/mol. The Bertz CT molecular complexity index is 478. The molecule has 1 atom stereocenters. The number of aromatic nitrogens is 3. The van der Waals surface area contributed by atoms with Crippen molar-refractivity contribution in [2.24, 2.45) is 0 Å². The maximum atomic E-state index is 12.1. The Morgan fingerprint density at radius 3 is 2.82 bits per heavy atom. The number of hydrogen-bond donors (Lipinski definition) is 2. The molecule has 0 saturated heterocycles. The molecule has 0 aliphatic carbocycles. The average Bonchev–Trinajstić information content (AvgIpc) is 2.83. The summed E-state index contributed by atoms with van der Waals surface area (Å²) in [5.41, 5.74) is 0.529. The molecule has 0 aliphatic rings. The van der Waals surface area contributed by atoms with Gasteiger partial charge in [-0.1, -0.05) is 5.16 Å². The zero-order valence-corrected chi connectivity index (χ0v) is 8.40. The van der Waals surface area contributed by atoms with Gasteiger partial charge in [0, 0.05) is 6.20 Å². The number of nitrogens with zero attached hydrogens (tertiary/aromatic N) is 2. The van der Waals surface area contributed by atoms with Crippen LogP contribution < -0.4 is 0 Å². The minimum absolute atomic E-state index is 0.152. The van der Waals surface area contributed by atoms with Crippen molar-refractivity contribution in [3.05, 3.63) is 24.2 Å². The van der Waals surface area contributed by atoms with Gasteiger partial charge in [-0.2, -0.15) is 18.2 Å². The summed E-state index contributed by atoms with van der Waals surface area (Å²) in [5.74, 6) is -0.112. The first-order valence-electron chi connectivity index (χ1n) is 4.68. The highest BCUT2D eigenvalue weighted by molar-refractivity contribution is 5.47. The number of alkyl halides is 3. The van der Waals surface area contributed by atoms with Crippen LogP contribution in [-0.4, -0.2) is 32.5 Å². The van der Waals surface area contributed by atoms with Crippen LogP contribution in [0.2, 0.25) is 0 Å². The number of aromatic amines is 1. The van der Waals surface area contributed by atoms with E-state index in [1.807, 2.05) is 0 Å². The molecule has 0 fully saturated rings. The van der Waals surface area contributed by atoms with Gasteiger partial charge in [0.1, 0.15) is 0 Å². The fourth-order valence-corrected chi connectivity index (χ4v) is 1.20. The molecule has 17 heavy (non-hydrogen) atoms. The third-order valence-corrected chi connectivity index (χ3v) is 2.05. The molecule has 0 spiro atoms. The summed E-state index contributed by atoms with van der Waals surface area (Å²) in [4.78, 5) is 6.52. The molecule has 0 amide bonds. The quantitative estimate of drug-likeness (QED) is 0.862. The molecule has 5 nitrogen and oxygen atoms in total. The summed E-state index contributed by atoms with van der Waals surface area (Å²) < 4.78 is 40.8. The van der Waals surface area contributed by atoms with Crippen molar-refractivity contribution in [2.75, 3.05) is 0 Å². The second kappa shape index (κ2) is 4.21. The molecule has 2 N–H and O–H groups in total. The van der Waals surface area contributed by atoms with E-state index in [4.69, 9.17) is 5.11 Å². The minimum Gasteiger partial charge on any atom is -0.383 e.